The first-order valence-corrected chi connectivity index (χ1v) is 6.99. The summed E-state index contributed by atoms with van der Waals surface area (Å²) in [5, 5.41) is 13.6. The fraction of sp³-hybridized carbons (Fsp3) is 0.467. The average molecular weight is 274 g/mol. The van der Waals surface area contributed by atoms with Crippen LogP contribution in [-0.4, -0.2) is 15.2 Å². The Morgan fingerprint density at radius 3 is 2.75 bits per heavy atom. The van der Waals surface area contributed by atoms with Crippen LogP contribution in [0.5, 0.6) is 5.75 Å². The summed E-state index contributed by atoms with van der Waals surface area (Å²) in [6.07, 6.45) is 2.57. The second kappa shape index (κ2) is 5.63. The lowest BCUT2D eigenvalue weighted by Crippen LogP contribution is -1.99. The van der Waals surface area contributed by atoms with E-state index in [4.69, 9.17) is 9.26 Å². The highest BCUT2D eigenvalue weighted by atomic mass is 16.5. The number of hydrogen-bond acceptors (Lipinski definition) is 5. The van der Waals surface area contributed by atoms with Gasteiger partial charge in [0.05, 0.1) is 6.10 Å². The van der Waals surface area contributed by atoms with Crippen molar-refractivity contribution < 1.29 is 14.4 Å². The number of nitrogens with zero attached hydrogens (tertiary/aromatic N) is 2. The smallest absolute Gasteiger partial charge is 0.229 e. The van der Waals surface area contributed by atoms with Gasteiger partial charge < -0.3 is 14.4 Å². The molecule has 1 aliphatic rings. The van der Waals surface area contributed by atoms with Crippen LogP contribution in [0.2, 0.25) is 0 Å². The Labute approximate surface area is 117 Å². The molecule has 2 aromatic rings. The van der Waals surface area contributed by atoms with Gasteiger partial charge in [-0.05, 0) is 37.0 Å². The summed E-state index contributed by atoms with van der Waals surface area (Å²) < 4.78 is 10.8. The molecule has 5 heteroatoms. The van der Waals surface area contributed by atoms with Crippen LogP contribution < -0.4 is 4.74 Å². The number of hydrogen-bond donors (Lipinski definition) is 1. The van der Waals surface area contributed by atoms with E-state index in [9.17, 15) is 5.11 Å². The van der Waals surface area contributed by atoms with Crippen LogP contribution >= 0.6 is 0 Å². The van der Waals surface area contributed by atoms with E-state index in [1.807, 2.05) is 31.2 Å². The van der Waals surface area contributed by atoms with Gasteiger partial charge in [-0.3, -0.25) is 0 Å². The lowest BCUT2D eigenvalue weighted by Gasteiger charge is -2.09. The molecule has 0 saturated heterocycles. The van der Waals surface area contributed by atoms with Crippen molar-refractivity contribution >= 4 is 0 Å². The molecule has 106 valence electrons. The van der Waals surface area contributed by atoms with Gasteiger partial charge in [-0.1, -0.05) is 24.2 Å². The number of rotatable bonds is 6. The number of aliphatic hydroxyl groups excluding tert-OH is 1. The first-order valence-electron chi connectivity index (χ1n) is 6.99. The van der Waals surface area contributed by atoms with E-state index in [-0.39, 0.29) is 0 Å². The van der Waals surface area contributed by atoms with Crippen molar-refractivity contribution in [3.05, 3.63) is 41.5 Å². The third-order valence-electron chi connectivity index (χ3n) is 3.43. The normalized spacial score (nSPS) is 16.1. The lowest BCUT2D eigenvalue weighted by molar-refractivity contribution is 0.173. The van der Waals surface area contributed by atoms with Crippen LogP contribution in [0.1, 0.15) is 55.5 Å². The van der Waals surface area contributed by atoms with Gasteiger partial charge in [-0.15, -0.1) is 0 Å². The fourth-order valence-electron chi connectivity index (χ4n) is 1.99. The largest absolute Gasteiger partial charge is 0.485 e. The molecule has 1 aliphatic carbocycles. The summed E-state index contributed by atoms with van der Waals surface area (Å²) in [6.45, 7) is 2.24. The predicted molar refractivity (Wildman–Crippen MR) is 72.3 cm³/mol. The molecule has 1 atom stereocenters. The molecule has 1 heterocycles. The summed E-state index contributed by atoms with van der Waals surface area (Å²) in [5.41, 5.74) is 0.899. The van der Waals surface area contributed by atoms with Crippen molar-refractivity contribution in [2.24, 2.45) is 0 Å². The molecule has 1 N–H and O–H groups in total. The second-order valence-electron chi connectivity index (χ2n) is 5.10. The summed E-state index contributed by atoms with van der Waals surface area (Å²) >= 11 is 0. The number of aromatic nitrogens is 2. The van der Waals surface area contributed by atoms with Crippen molar-refractivity contribution in [2.75, 3.05) is 0 Å². The van der Waals surface area contributed by atoms with Gasteiger partial charge in [0.2, 0.25) is 11.7 Å². The van der Waals surface area contributed by atoms with Gasteiger partial charge in [0.25, 0.3) is 0 Å². The molecule has 1 saturated carbocycles. The molecule has 0 aliphatic heterocycles. The third-order valence-corrected chi connectivity index (χ3v) is 3.43. The van der Waals surface area contributed by atoms with Gasteiger partial charge in [-0.2, -0.15) is 4.98 Å². The van der Waals surface area contributed by atoms with Gasteiger partial charge in [0, 0.05) is 5.92 Å². The first-order chi connectivity index (χ1) is 9.76. The molecule has 0 amide bonds. The maximum atomic E-state index is 9.72. The third kappa shape index (κ3) is 2.99. The SMILES string of the molecule is CCC(O)c1ccc(OCc2noc(C3CC3)n2)cc1. The highest BCUT2D eigenvalue weighted by Crippen LogP contribution is 2.38. The van der Waals surface area contributed by atoms with E-state index in [2.05, 4.69) is 10.1 Å². The standard InChI is InChI=1S/C15H18N2O3/c1-2-13(18)10-5-7-12(8-6-10)19-9-14-16-15(20-17-14)11-3-4-11/h5-8,11,13,18H,2-4,9H2,1H3. The summed E-state index contributed by atoms with van der Waals surface area (Å²) in [4.78, 5) is 4.30. The molecule has 0 radical (unpaired) electrons. The molecular weight excluding hydrogens is 256 g/mol. The highest BCUT2D eigenvalue weighted by Gasteiger charge is 2.29. The molecule has 1 unspecified atom stereocenters. The summed E-state index contributed by atoms with van der Waals surface area (Å²) in [6, 6.07) is 7.43. The zero-order valence-electron chi connectivity index (χ0n) is 11.5. The Hall–Kier alpha value is -1.88. The van der Waals surface area contributed by atoms with Crippen molar-refractivity contribution in [1.29, 1.82) is 0 Å². The molecule has 0 spiro atoms. The fourth-order valence-corrected chi connectivity index (χ4v) is 1.99. The first kappa shape index (κ1) is 13.1. The maximum Gasteiger partial charge on any atom is 0.229 e. The van der Waals surface area contributed by atoms with E-state index in [0.717, 1.165) is 30.0 Å². The average Bonchev–Trinajstić information content (AvgIpc) is 3.24. The van der Waals surface area contributed by atoms with E-state index in [1.54, 1.807) is 0 Å². The van der Waals surface area contributed by atoms with Gasteiger partial charge in [0.1, 0.15) is 5.75 Å². The zero-order chi connectivity index (χ0) is 13.9. The molecule has 5 nitrogen and oxygen atoms in total. The number of benzene rings is 1. The molecule has 20 heavy (non-hydrogen) atoms. The quantitative estimate of drug-likeness (QED) is 0.877. The van der Waals surface area contributed by atoms with Gasteiger partial charge in [-0.25, -0.2) is 0 Å². The molecule has 3 rings (SSSR count). The topological polar surface area (TPSA) is 68.4 Å². The van der Waals surface area contributed by atoms with Crippen LogP contribution in [0.3, 0.4) is 0 Å². The molecule has 0 bridgehead atoms. The molecule has 1 aromatic heterocycles. The van der Waals surface area contributed by atoms with E-state index >= 15 is 0 Å². The van der Waals surface area contributed by atoms with E-state index in [1.165, 1.54) is 0 Å². The second-order valence-corrected chi connectivity index (χ2v) is 5.10. The Morgan fingerprint density at radius 2 is 2.10 bits per heavy atom. The van der Waals surface area contributed by atoms with Gasteiger partial charge >= 0.3 is 0 Å². The summed E-state index contributed by atoms with van der Waals surface area (Å²) in [7, 11) is 0. The van der Waals surface area contributed by atoms with Crippen molar-refractivity contribution in [1.82, 2.24) is 10.1 Å². The van der Waals surface area contributed by atoms with E-state index < -0.39 is 6.10 Å². The van der Waals surface area contributed by atoms with Crippen LogP contribution in [-0.2, 0) is 6.61 Å². The van der Waals surface area contributed by atoms with Crippen molar-refractivity contribution in [3.63, 3.8) is 0 Å². The molecular formula is C15H18N2O3. The molecule has 1 aromatic carbocycles. The van der Waals surface area contributed by atoms with Crippen LogP contribution in [0.4, 0.5) is 0 Å². The predicted octanol–water partition coefficient (Wildman–Crippen LogP) is 2.97. The zero-order valence-corrected chi connectivity index (χ0v) is 11.5. The van der Waals surface area contributed by atoms with E-state index in [0.29, 0.717) is 24.8 Å². The van der Waals surface area contributed by atoms with Crippen LogP contribution in [0.25, 0.3) is 0 Å². The Balaban J connectivity index is 1.57. The van der Waals surface area contributed by atoms with Crippen LogP contribution in [0.15, 0.2) is 28.8 Å². The summed E-state index contributed by atoms with van der Waals surface area (Å²) in [5.74, 6) is 2.50. The Morgan fingerprint density at radius 1 is 1.35 bits per heavy atom. The minimum absolute atomic E-state index is 0.298. The number of ether oxygens (including phenoxy) is 1. The van der Waals surface area contributed by atoms with Gasteiger partial charge in [0.15, 0.2) is 6.61 Å². The Kier molecular flexibility index (Phi) is 3.69. The monoisotopic (exact) mass is 274 g/mol. The van der Waals surface area contributed by atoms with Crippen molar-refractivity contribution in [2.45, 2.75) is 44.8 Å². The Bertz CT molecular complexity index is 561. The van der Waals surface area contributed by atoms with Crippen LogP contribution in [0, 0.1) is 0 Å². The van der Waals surface area contributed by atoms with Crippen molar-refractivity contribution in [3.8, 4) is 5.75 Å². The maximum absolute atomic E-state index is 9.72. The highest BCUT2D eigenvalue weighted by molar-refractivity contribution is 5.28. The molecule has 1 fully saturated rings. The minimum Gasteiger partial charge on any atom is -0.485 e. The lowest BCUT2D eigenvalue weighted by atomic mass is 10.1. The minimum atomic E-state index is -0.414. The number of aliphatic hydroxyl groups is 1.